The van der Waals surface area contributed by atoms with Gasteiger partial charge >= 0.3 is 0 Å². The molecule has 0 aromatic heterocycles. The highest BCUT2D eigenvalue weighted by Gasteiger charge is 2.18. The van der Waals surface area contributed by atoms with E-state index < -0.39 is 11.9 Å². The topological polar surface area (TPSA) is 98.2 Å². The van der Waals surface area contributed by atoms with Gasteiger partial charge in [0.05, 0.1) is 0 Å². The van der Waals surface area contributed by atoms with Crippen molar-refractivity contribution < 1.29 is 9.59 Å². The monoisotopic (exact) mass is 281 g/mol. The van der Waals surface area contributed by atoms with Crippen molar-refractivity contribution >= 4 is 23.6 Å². The second-order valence-corrected chi connectivity index (χ2v) is 5.10. The third kappa shape index (κ3) is 4.92. The van der Waals surface area contributed by atoms with E-state index in [9.17, 15) is 9.59 Å². The predicted molar refractivity (Wildman–Crippen MR) is 77.8 cm³/mol. The molecule has 2 amide bonds. The minimum atomic E-state index is -0.630. The molecule has 5 nitrogen and oxygen atoms in total. The number of hydrogen-bond acceptors (Lipinski definition) is 4. The molecule has 1 rings (SSSR count). The lowest BCUT2D eigenvalue weighted by molar-refractivity contribution is -0.119. The summed E-state index contributed by atoms with van der Waals surface area (Å²) in [5.74, 6) is -0.0468. The van der Waals surface area contributed by atoms with Crippen molar-refractivity contribution in [3.63, 3.8) is 0 Å². The van der Waals surface area contributed by atoms with Gasteiger partial charge < -0.3 is 16.8 Å². The zero-order chi connectivity index (χ0) is 14.3. The lowest BCUT2D eigenvalue weighted by atomic mass is 10.1. The van der Waals surface area contributed by atoms with E-state index in [1.165, 1.54) is 0 Å². The Hall–Kier alpha value is -1.53. The summed E-state index contributed by atoms with van der Waals surface area (Å²) < 4.78 is 0. The average Bonchev–Trinajstić information content (AvgIpc) is 2.43. The van der Waals surface area contributed by atoms with E-state index in [4.69, 9.17) is 11.5 Å². The highest BCUT2D eigenvalue weighted by molar-refractivity contribution is 7.98. The number of carbonyl (C=O) groups excluding carboxylic acids is 2. The van der Waals surface area contributed by atoms with E-state index >= 15 is 0 Å². The van der Waals surface area contributed by atoms with Gasteiger partial charge in [0.15, 0.2) is 0 Å². The summed E-state index contributed by atoms with van der Waals surface area (Å²) in [6, 6.07) is 6.31. The Morgan fingerprint density at radius 1 is 1.32 bits per heavy atom. The molecule has 19 heavy (non-hydrogen) atoms. The van der Waals surface area contributed by atoms with Crippen molar-refractivity contribution in [3.05, 3.63) is 35.4 Å². The first-order chi connectivity index (χ1) is 9.08. The number of nitrogens with one attached hydrogen (secondary N) is 1. The molecule has 0 saturated carbocycles. The Balaban J connectivity index is 2.67. The van der Waals surface area contributed by atoms with Crippen molar-refractivity contribution in [1.29, 1.82) is 0 Å². The molecule has 0 saturated heterocycles. The van der Waals surface area contributed by atoms with E-state index in [1.807, 2.05) is 6.26 Å². The number of carbonyl (C=O) groups is 2. The van der Waals surface area contributed by atoms with Crippen LogP contribution in [-0.2, 0) is 11.3 Å². The SMILES string of the molecule is CSCCC(NC(=O)c1ccc(CN)cc1)C(N)=O. The summed E-state index contributed by atoms with van der Waals surface area (Å²) >= 11 is 1.60. The first-order valence-corrected chi connectivity index (χ1v) is 7.36. The zero-order valence-corrected chi connectivity index (χ0v) is 11.7. The van der Waals surface area contributed by atoms with Gasteiger partial charge in [-0.3, -0.25) is 9.59 Å². The van der Waals surface area contributed by atoms with Gasteiger partial charge in [-0.25, -0.2) is 0 Å². The second kappa shape index (κ2) is 7.81. The molecule has 104 valence electrons. The lowest BCUT2D eigenvalue weighted by Gasteiger charge is -2.15. The molecular formula is C13H19N3O2S. The van der Waals surface area contributed by atoms with Crippen LogP contribution in [0.5, 0.6) is 0 Å². The molecular weight excluding hydrogens is 262 g/mol. The van der Waals surface area contributed by atoms with Crippen molar-refractivity contribution in [2.24, 2.45) is 11.5 Å². The van der Waals surface area contributed by atoms with Crippen molar-refractivity contribution in [3.8, 4) is 0 Å². The van der Waals surface area contributed by atoms with Crippen LogP contribution in [0.2, 0.25) is 0 Å². The maximum absolute atomic E-state index is 12.0. The van der Waals surface area contributed by atoms with Gasteiger partial charge in [-0.15, -0.1) is 0 Å². The molecule has 1 atom stereocenters. The average molecular weight is 281 g/mol. The number of benzene rings is 1. The van der Waals surface area contributed by atoms with Crippen LogP contribution in [0.3, 0.4) is 0 Å². The summed E-state index contributed by atoms with van der Waals surface area (Å²) in [6.07, 6.45) is 2.47. The van der Waals surface area contributed by atoms with Gasteiger partial charge in [0.2, 0.25) is 5.91 Å². The molecule has 0 heterocycles. The quantitative estimate of drug-likeness (QED) is 0.677. The van der Waals surface area contributed by atoms with Gasteiger partial charge in [0, 0.05) is 12.1 Å². The number of thioether (sulfide) groups is 1. The maximum atomic E-state index is 12.0. The van der Waals surface area contributed by atoms with E-state index in [-0.39, 0.29) is 5.91 Å². The first-order valence-electron chi connectivity index (χ1n) is 5.96. The normalized spacial score (nSPS) is 11.9. The summed E-state index contributed by atoms with van der Waals surface area (Å²) in [6.45, 7) is 0.430. The van der Waals surface area contributed by atoms with Gasteiger partial charge in [-0.1, -0.05) is 12.1 Å². The van der Waals surface area contributed by atoms with Crippen LogP contribution in [0, 0.1) is 0 Å². The van der Waals surface area contributed by atoms with Crippen LogP contribution in [-0.4, -0.2) is 29.9 Å². The van der Waals surface area contributed by atoms with Gasteiger partial charge in [0.1, 0.15) is 6.04 Å². The fraction of sp³-hybridized carbons (Fsp3) is 0.385. The largest absolute Gasteiger partial charge is 0.368 e. The summed E-state index contributed by atoms with van der Waals surface area (Å²) in [5.41, 5.74) is 12.2. The van der Waals surface area contributed by atoms with Crippen LogP contribution < -0.4 is 16.8 Å². The van der Waals surface area contributed by atoms with Crippen molar-refractivity contribution in [2.45, 2.75) is 19.0 Å². The minimum absolute atomic E-state index is 0.298. The smallest absolute Gasteiger partial charge is 0.251 e. The number of nitrogens with two attached hydrogens (primary N) is 2. The van der Waals surface area contributed by atoms with E-state index in [0.29, 0.717) is 18.5 Å². The molecule has 0 bridgehead atoms. The Labute approximate surface area is 117 Å². The maximum Gasteiger partial charge on any atom is 0.251 e. The minimum Gasteiger partial charge on any atom is -0.368 e. The van der Waals surface area contributed by atoms with Crippen LogP contribution >= 0.6 is 11.8 Å². The standard InChI is InChI=1S/C13H19N3O2S/c1-19-7-6-11(12(15)17)16-13(18)10-4-2-9(8-14)3-5-10/h2-5,11H,6-8,14H2,1H3,(H2,15,17)(H,16,18). The molecule has 0 spiro atoms. The Morgan fingerprint density at radius 3 is 2.42 bits per heavy atom. The zero-order valence-electron chi connectivity index (χ0n) is 10.9. The molecule has 1 aromatic carbocycles. The lowest BCUT2D eigenvalue weighted by Crippen LogP contribution is -2.44. The van der Waals surface area contributed by atoms with E-state index in [1.54, 1.807) is 36.0 Å². The molecule has 0 aliphatic carbocycles. The number of amides is 2. The molecule has 0 radical (unpaired) electrons. The van der Waals surface area contributed by atoms with Crippen LogP contribution in [0.15, 0.2) is 24.3 Å². The number of primary amides is 1. The van der Waals surface area contributed by atoms with Crippen LogP contribution in [0.4, 0.5) is 0 Å². The fourth-order valence-electron chi connectivity index (χ4n) is 1.56. The Morgan fingerprint density at radius 2 is 1.95 bits per heavy atom. The fourth-order valence-corrected chi connectivity index (χ4v) is 2.03. The molecule has 0 aliphatic heterocycles. The summed E-state index contributed by atoms with van der Waals surface area (Å²) in [5, 5.41) is 2.65. The molecule has 0 fully saturated rings. The van der Waals surface area contributed by atoms with Gasteiger partial charge in [-0.2, -0.15) is 11.8 Å². The van der Waals surface area contributed by atoms with Crippen LogP contribution in [0.1, 0.15) is 22.3 Å². The third-order valence-electron chi connectivity index (χ3n) is 2.71. The molecule has 1 unspecified atom stereocenters. The third-order valence-corrected chi connectivity index (χ3v) is 3.36. The highest BCUT2D eigenvalue weighted by Crippen LogP contribution is 2.06. The molecule has 1 aromatic rings. The van der Waals surface area contributed by atoms with Crippen molar-refractivity contribution in [1.82, 2.24) is 5.32 Å². The molecule has 0 aliphatic rings. The Kier molecular flexibility index (Phi) is 6.38. The van der Waals surface area contributed by atoms with E-state index in [2.05, 4.69) is 5.32 Å². The summed E-state index contributed by atoms with van der Waals surface area (Å²) in [4.78, 5) is 23.2. The van der Waals surface area contributed by atoms with Gasteiger partial charge in [0.25, 0.3) is 5.91 Å². The number of rotatable bonds is 7. The van der Waals surface area contributed by atoms with Gasteiger partial charge in [-0.05, 0) is 36.1 Å². The van der Waals surface area contributed by atoms with E-state index in [0.717, 1.165) is 11.3 Å². The van der Waals surface area contributed by atoms with Crippen LogP contribution in [0.25, 0.3) is 0 Å². The molecule has 5 N–H and O–H groups in total. The first kappa shape index (κ1) is 15.5. The van der Waals surface area contributed by atoms with Crippen molar-refractivity contribution in [2.75, 3.05) is 12.0 Å². The Bertz CT molecular complexity index is 434. The number of hydrogen-bond donors (Lipinski definition) is 3. The highest BCUT2D eigenvalue weighted by atomic mass is 32.2. The summed E-state index contributed by atoms with van der Waals surface area (Å²) in [7, 11) is 0. The predicted octanol–water partition coefficient (Wildman–Crippen LogP) is 0.482. The molecule has 6 heteroatoms. The second-order valence-electron chi connectivity index (χ2n) is 4.11.